The van der Waals surface area contributed by atoms with Crippen LogP contribution < -0.4 is 15.2 Å². The van der Waals surface area contributed by atoms with Crippen LogP contribution in [0.25, 0.3) is 0 Å². The van der Waals surface area contributed by atoms with E-state index in [4.69, 9.17) is 43.6 Å². The highest BCUT2D eigenvalue weighted by Gasteiger charge is 2.04. The van der Waals surface area contributed by atoms with Gasteiger partial charge in [0.2, 0.25) is 0 Å². The van der Waals surface area contributed by atoms with E-state index in [0.29, 0.717) is 85.8 Å². The Labute approximate surface area is 186 Å². The van der Waals surface area contributed by atoms with Crippen LogP contribution in [0.4, 0.5) is 0 Å². The van der Waals surface area contributed by atoms with Gasteiger partial charge in [-0.05, 0) is 30.7 Å². The molecule has 0 heterocycles. The van der Waals surface area contributed by atoms with Gasteiger partial charge in [-0.3, -0.25) is 0 Å². The molecule has 9 heteroatoms. The fraction of sp³-hybridized carbons (Fsp3) is 0.727. The van der Waals surface area contributed by atoms with Gasteiger partial charge < -0.3 is 43.6 Å². The molecule has 0 fully saturated rings. The summed E-state index contributed by atoms with van der Waals surface area (Å²) in [6.07, 6.45) is 0.748. The third kappa shape index (κ3) is 15.9. The number of methoxy groups -OCH3 is 2. The lowest BCUT2D eigenvalue weighted by molar-refractivity contribution is 0.0174. The van der Waals surface area contributed by atoms with Crippen LogP contribution in [0, 0.1) is 0 Å². The Balaban J connectivity index is 2.24. The predicted molar refractivity (Wildman–Crippen MR) is 117 cm³/mol. The molecule has 0 bridgehead atoms. The molecule has 1 aromatic rings. The van der Waals surface area contributed by atoms with Gasteiger partial charge >= 0.3 is 0 Å². The third-order valence-electron chi connectivity index (χ3n) is 3.97. The highest BCUT2D eigenvalue weighted by Crippen LogP contribution is 2.23. The summed E-state index contributed by atoms with van der Waals surface area (Å²) in [5, 5.41) is 0. The van der Waals surface area contributed by atoms with Crippen molar-refractivity contribution >= 4 is 0 Å². The first-order chi connectivity index (χ1) is 15.3. The van der Waals surface area contributed by atoms with Crippen molar-refractivity contribution in [1.82, 2.24) is 0 Å². The average molecular weight is 446 g/mol. The molecule has 0 aliphatic carbocycles. The van der Waals surface area contributed by atoms with Gasteiger partial charge in [0.15, 0.2) is 0 Å². The van der Waals surface area contributed by atoms with Crippen molar-refractivity contribution in [1.29, 1.82) is 0 Å². The fourth-order valence-electron chi connectivity index (χ4n) is 2.47. The summed E-state index contributed by atoms with van der Waals surface area (Å²) in [5.41, 5.74) is 6.76. The van der Waals surface area contributed by atoms with E-state index in [1.54, 1.807) is 14.2 Å². The summed E-state index contributed by atoms with van der Waals surface area (Å²) in [6.45, 7) is 6.81. The van der Waals surface area contributed by atoms with E-state index in [-0.39, 0.29) is 0 Å². The molecule has 0 saturated carbocycles. The minimum absolute atomic E-state index is 0.440. The van der Waals surface area contributed by atoms with Crippen LogP contribution in [-0.2, 0) is 34.8 Å². The second-order valence-corrected chi connectivity index (χ2v) is 6.48. The van der Waals surface area contributed by atoms with Crippen LogP contribution >= 0.6 is 0 Å². The van der Waals surface area contributed by atoms with Crippen LogP contribution in [-0.4, -0.2) is 100 Å². The third-order valence-corrected chi connectivity index (χ3v) is 3.97. The lowest BCUT2D eigenvalue weighted by Gasteiger charge is -2.13. The van der Waals surface area contributed by atoms with Crippen LogP contribution in [0.1, 0.15) is 5.56 Å². The van der Waals surface area contributed by atoms with Crippen molar-refractivity contribution < 1.29 is 37.9 Å². The molecule has 1 rings (SSSR count). The first kappa shape index (κ1) is 27.6. The zero-order valence-corrected chi connectivity index (χ0v) is 19.0. The molecule has 180 valence electrons. The highest BCUT2D eigenvalue weighted by atomic mass is 16.6. The van der Waals surface area contributed by atoms with E-state index in [9.17, 15) is 0 Å². The van der Waals surface area contributed by atoms with Crippen LogP contribution in [0.3, 0.4) is 0 Å². The number of benzene rings is 1. The summed E-state index contributed by atoms with van der Waals surface area (Å²) >= 11 is 0. The van der Waals surface area contributed by atoms with Crippen molar-refractivity contribution in [3.8, 4) is 11.5 Å². The Morgan fingerprint density at radius 2 is 0.935 bits per heavy atom. The monoisotopic (exact) mass is 445 g/mol. The van der Waals surface area contributed by atoms with Gasteiger partial charge in [-0.2, -0.15) is 0 Å². The molecule has 0 aliphatic heterocycles. The minimum atomic E-state index is 0.440. The Morgan fingerprint density at radius 3 is 1.32 bits per heavy atom. The lowest BCUT2D eigenvalue weighted by atomic mass is 10.1. The number of hydrogen-bond acceptors (Lipinski definition) is 9. The zero-order chi connectivity index (χ0) is 22.4. The van der Waals surface area contributed by atoms with E-state index in [0.717, 1.165) is 23.5 Å². The Hall–Kier alpha value is -1.46. The largest absolute Gasteiger partial charge is 0.491 e. The van der Waals surface area contributed by atoms with Crippen LogP contribution in [0.2, 0.25) is 0 Å². The van der Waals surface area contributed by atoms with E-state index in [2.05, 4.69) is 0 Å². The SMILES string of the molecule is COCCOCCOCCOc1cc(CCN)cc(OCCOCCOCCOC)c1. The maximum absolute atomic E-state index is 5.81. The number of ether oxygens (including phenoxy) is 8. The quantitative estimate of drug-likeness (QED) is 0.265. The standard InChI is InChI=1S/C22H39NO8/c1-24-5-7-26-9-11-28-13-15-30-21-17-20(3-4-23)18-22(19-21)31-16-14-29-12-10-27-8-6-25-2/h17-19H,3-16,23H2,1-2H3. The van der Waals surface area contributed by atoms with Gasteiger partial charge in [0, 0.05) is 20.3 Å². The smallest absolute Gasteiger partial charge is 0.123 e. The molecule has 0 saturated heterocycles. The molecule has 9 nitrogen and oxygen atoms in total. The molecule has 2 N–H and O–H groups in total. The van der Waals surface area contributed by atoms with Crippen LogP contribution in [0.15, 0.2) is 18.2 Å². The van der Waals surface area contributed by atoms with Crippen molar-refractivity contribution in [2.45, 2.75) is 6.42 Å². The minimum Gasteiger partial charge on any atom is -0.491 e. The Bertz CT molecular complexity index is 492. The number of nitrogens with two attached hydrogens (primary N) is 1. The maximum Gasteiger partial charge on any atom is 0.123 e. The predicted octanol–water partition coefficient (Wildman–Crippen LogP) is 1.30. The summed E-state index contributed by atoms with van der Waals surface area (Å²) < 4.78 is 43.1. The van der Waals surface area contributed by atoms with Crippen molar-refractivity contribution in [3.05, 3.63) is 23.8 Å². The molecule has 0 atom stereocenters. The van der Waals surface area contributed by atoms with E-state index >= 15 is 0 Å². The highest BCUT2D eigenvalue weighted by molar-refractivity contribution is 5.38. The summed E-state index contributed by atoms with van der Waals surface area (Å²) in [5.74, 6) is 1.46. The number of hydrogen-bond donors (Lipinski definition) is 1. The van der Waals surface area contributed by atoms with Gasteiger partial charge in [-0.1, -0.05) is 0 Å². The molecule has 1 aromatic carbocycles. The van der Waals surface area contributed by atoms with Gasteiger partial charge in [-0.15, -0.1) is 0 Å². The molecule has 0 unspecified atom stereocenters. The molecule has 0 radical (unpaired) electrons. The van der Waals surface area contributed by atoms with Crippen LogP contribution in [0.5, 0.6) is 11.5 Å². The topological polar surface area (TPSA) is 99.9 Å². The summed E-state index contributed by atoms with van der Waals surface area (Å²) in [4.78, 5) is 0. The summed E-state index contributed by atoms with van der Waals surface area (Å²) in [7, 11) is 3.29. The zero-order valence-electron chi connectivity index (χ0n) is 19.0. The van der Waals surface area contributed by atoms with Gasteiger partial charge in [0.1, 0.15) is 24.7 Å². The van der Waals surface area contributed by atoms with Crippen molar-refractivity contribution in [2.75, 3.05) is 100 Å². The Morgan fingerprint density at radius 1 is 0.548 bits per heavy atom. The van der Waals surface area contributed by atoms with Crippen molar-refractivity contribution in [3.63, 3.8) is 0 Å². The van der Waals surface area contributed by atoms with E-state index < -0.39 is 0 Å². The molecular weight excluding hydrogens is 406 g/mol. The maximum atomic E-state index is 5.81. The van der Waals surface area contributed by atoms with Crippen molar-refractivity contribution in [2.24, 2.45) is 5.73 Å². The molecule has 0 aromatic heterocycles. The van der Waals surface area contributed by atoms with Gasteiger partial charge in [0.25, 0.3) is 0 Å². The molecule has 31 heavy (non-hydrogen) atoms. The Kier molecular flexibility index (Phi) is 18.2. The van der Waals surface area contributed by atoms with Gasteiger partial charge in [0.05, 0.1) is 66.1 Å². The van der Waals surface area contributed by atoms with Gasteiger partial charge in [-0.25, -0.2) is 0 Å². The van der Waals surface area contributed by atoms with E-state index in [1.165, 1.54) is 0 Å². The normalized spacial score (nSPS) is 11.1. The summed E-state index contributed by atoms with van der Waals surface area (Å²) in [6, 6.07) is 5.81. The lowest BCUT2D eigenvalue weighted by Crippen LogP contribution is -2.13. The van der Waals surface area contributed by atoms with E-state index in [1.807, 2.05) is 18.2 Å². The molecule has 0 spiro atoms. The second kappa shape index (κ2) is 20.4. The fourth-order valence-corrected chi connectivity index (χ4v) is 2.47. The first-order valence-electron chi connectivity index (χ1n) is 10.7. The average Bonchev–Trinajstić information content (AvgIpc) is 2.77. The molecule has 0 amide bonds. The molecule has 0 aliphatic rings. The first-order valence-corrected chi connectivity index (χ1v) is 10.7. The second-order valence-electron chi connectivity index (χ2n) is 6.48. The number of rotatable bonds is 22. The molecular formula is C22H39NO8.